The van der Waals surface area contributed by atoms with E-state index in [1.807, 2.05) is 0 Å². The van der Waals surface area contributed by atoms with Crippen molar-refractivity contribution in [1.29, 1.82) is 0 Å². The van der Waals surface area contributed by atoms with Gasteiger partial charge in [-0.1, -0.05) is 20.8 Å². The van der Waals surface area contributed by atoms with Crippen LogP contribution in [0.1, 0.15) is 40.5 Å². The molecular formula is C12H22F2O2Si. The lowest BCUT2D eigenvalue weighted by atomic mass is 9.62. The zero-order chi connectivity index (χ0) is 13.5. The van der Waals surface area contributed by atoms with Crippen molar-refractivity contribution in [2.75, 3.05) is 7.11 Å². The van der Waals surface area contributed by atoms with Gasteiger partial charge in [-0.3, -0.25) is 13.0 Å². The van der Waals surface area contributed by atoms with Crippen LogP contribution >= 0.6 is 0 Å². The Morgan fingerprint density at radius 2 is 2.00 bits per heavy atom. The summed E-state index contributed by atoms with van der Waals surface area (Å²) < 4.78 is 32.9. The van der Waals surface area contributed by atoms with Gasteiger partial charge in [-0.25, -0.2) is 0 Å². The second kappa shape index (κ2) is 4.34. The maximum absolute atomic E-state index is 14.1. The number of ether oxygens (including phenoxy) is 1. The van der Waals surface area contributed by atoms with E-state index in [0.717, 1.165) is 0 Å². The van der Waals surface area contributed by atoms with E-state index in [4.69, 9.17) is 4.74 Å². The molecule has 0 spiro atoms. The van der Waals surface area contributed by atoms with E-state index < -0.39 is 19.2 Å². The Morgan fingerprint density at radius 1 is 1.47 bits per heavy atom. The summed E-state index contributed by atoms with van der Waals surface area (Å²) in [6, 6.07) is -0.0951. The van der Waals surface area contributed by atoms with Gasteiger partial charge in [-0.2, -0.15) is 0 Å². The van der Waals surface area contributed by atoms with Gasteiger partial charge in [0.2, 0.25) is 0 Å². The fraction of sp³-hybridized carbons (Fsp3) is 0.917. The van der Waals surface area contributed by atoms with Crippen molar-refractivity contribution in [1.82, 2.24) is 0 Å². The number of hydrogen-bond donors (Lipinski definition) is 0. The predicted molar refractivity (Wildman–Crippen MR) is 65.3 cm³/mol. The first-order valence-corrected chi connectivity index (χ1v) is 7.97. The summed E-state index contributed by atoms with van der Waals surface area (Å²) in [6.07, 6.45) is 1.38. The monoisotopic (exact) mass is 264 g/mol. The molecule has 5 heteroatoms. The van der Waals surface area contributed by atoms with Crippen LogP contribution in [0, 0.1) is 11.3 Å². The molecule has 1 fully saturated rings. The molecule has 17 heavy (non-hydrogen) atoms. The van der Waals surface area contributed by atoms with Crippen LogP contribution in [0.15, 0.2) is 0 Å². The minimum absolute atomic E-state index is 0.0951. The van der Waals surface area contributed by atoms with Gasteiger partial charge >= 0.3 is 14.7 Å². The van der Waals surface area contributed by atoms with Crippen LogP contribution in [-0.2, 0) is 9.53 Å². The molecule has 0 radical (unpaired) electrons. The third-order valence-corrected chi connectivity index (χ3v) is 7.37. The molecule has 0 unspecified atom stereocenters. The van der Waals surface area contributed by atoms with Gasteiger partial charge in [0.05, 0.1) is 12.5 Å². The Labute approximate surface area is 103 Å². The fourth-order valence-corrected chi connectivity index (χ4v) is 4.11. The lowest BCUT2D eigenvalue weighted by Gasteiger charge is -2.46. The van der Waals surface area contributed by atoms with Crippen molar-refractivity contribution in [3.63, 3.8) is 0 Å². The van der Waals surface area contributed by atoms with Crippen molar-refractivity contribution in [2.45, 2.75) is 51.6 Å². The summed E-state index contributed by atoms with van der Waals surface area (Å²) in [4.78, 5) is 11.6. The van der Waals surface area contributed by atoms with Gasteiger partial charge < -0.3 is 4.74 Å². The average Bonchev–Trinajstić information content (AvgIpc) is 2.20. The summed E-state index contributed by atoms with van der Waals surface area (Å²) in [5.74, 6) is -0.552. The molecule has 0 bridgehead atoms. The summed E-state index contributed by atoms with van der Waals surface area (Å²) in [5, 5.41) is -0.931. The minimum Gasteiger partial charge on any atom is -0.469 e. The third-order valence-electron chi connectivity index (χ3n) is 4.16. The first kappa shape index (κ1) is 14.6. The van der Waals surface area contributed by atoms with Crippen LogP contribution in [0.4, 0.5) is 8.22 Å². The summed E-state index contributed by atoms with van der Waals surface area (Å²) in [5.41, 5.74) is -0.684. The molecular weight excluding hydrogens is 242 g/mol. The van der Waals surface area contributed by atoms with Gasteiger partial charge in [0, 0.05) is 11.1 Å². The Balaban J connectivity index is 2.75. The van der Waals surface area contributed by atoms with Gasteiger partial charge in [0.1, 0.15) is 0 Å². The first-order chi connectivity index (χ1) is 7.54. The summed E-state index contributed by atoms with van der Waals surface area (Å²) in [7, 11) is -2.97. The lowest BCUT2D eigenvalue weighted by Crippen LogP contribution is -2.49. The number of esters is 1. The molecule has 1 aliphatic carbocycles. The maximum Gasteiger partial charge on any atom is 0.430 e. The quantitative estimate of drug-likeness (QED) is 0.441. The van der Waals surface area contributed by atoms with Crippen LogP contribution in [0.3, 0.4) is 0 Å². The maximum atomic E-state index is 14.1. The molecule has 1 saturated carbocycles. The van der Waals surface area contributed by atoms with E-state index in [9.17, 15) is 13.0 Å². The highest BCUT2D eigenvalue weighted by atomic mass is 28.4. The molecule has 0 aliphatic heterocycles. The normalized spacial score (nSPS) is 29.7. The van der Waals surface area contributed by atoms with E-state index in [0.29, 0.717) is 12.8 Å². The van der Waals surface area contributed by atoms with E-state index in [2.05, 4.69) is 0 Å². The molecule has 0 amide bonds. The van der Waals surface area contributed by atoms with Crippen LogP contribution in [0.5, 0.6) is 0 Å². The fourth-order valence-electron chi connectivity index (χ4n) is 2.23. The van der Waals surface area contributed by atoms with E-state index in [1.54, 1.807) is 27.7 Å². The Hall–Kier alpha value is -0.453. The lowest BCUT2D eigenvalue weighted by molar-refractivity contribution is -0.162. The zero-order valence-corrected chi connectivity index (χ0v) is 12.3. The molecule has 1 aliphatic rings. The predicted octanol–water partition coefficient (Wildman–Crippen LogP) is 3.76. The van der Waals surface area contributed by atoms with E-state index in [-0.39, 0.29) is 17.9 Å². The second-order valence-corrected chi connectivity index (χ2v) is 9.62. The number of carbonyl (C=O) groups is 1. The Kier molecular flexibility index (Phi) is 3.73. The molecule has 2 nitrogen and oxygen atoms in total. The van der Waals surface area contributed by atoms with Crippen molar-refractivity contribution < 1.29 is 17.7 Å². The summed E-state index contributed by atoms with van der Waals surface area (Å²) >= 11 is 0. The SMILES string of the molecule is COC(=O)[C@@]1(C)CC[C@@H]1C[Si](F)(F)C(C)(C)C. The average molecular weight is 264 g/mol. The molecule has 2 atom stereocenters. The molecule has 0 heterocycles. The molecule has 100 valence electrons. The topological polar surface area (TPSA) is 26.3 Å². The van der Waals surface area contributed by atoms with Gasteiger partial charge in [-0.15, -0.1) is 0 Å². The zero-order valence-electron chi connectivity index (χ0n) is 11.3. The number of halogens is 2. The smallest absolute Gasteiger partial charge is 0.430 e. The molecule has 1 rings (SSSR count). The Morgan fingerprint density at radius 3 is 2.29 bits per heavy atom. The van der Waals surface area contributed by atoms with Crippen LogP contribution in [0.2, 0.25) is 11.1 Å². The highest BCUT2D eigenvalue weighted by Crippen LogP contribution is 2.54. The Bertz CT molecular complexity index is 312. The number of hydrogen-bond acceptors (Lipinski definition) is 2. The van der Waals surface area contributed by atoms with E-state index in [1.165, 1.54) is 7.11 Å². The molecule has 0 aromatic rings. The van der Waals surface area contributed by atoms with Gasteiger partial charge in [-0.05, 0) is 25.7 Å². The van der Waals surface area contributed by atoms with Crippen molar-refractivity contribution in [3.8, 4) is 0 Å². The molecule has 0 aromatic heterocycles. The number of rotatable bonds is 3. The largest absolute Gasteiger partial charge is 0.469 e. The van der Waals surface area contributed by atoms with Crippen LogP contribution in [-0.4, -0.2) is 21.8 Å². The highest BCUT2D eigenvalue weighted by Gasteiger charge is 2.57. The van der Waals surface area contributed by atoms with Gasteiger partial charge in [0.15, 0.2) is 0 Å². The standard InChI is InChI=1S/C12H22F2O2Si/c1-11(2,3)17(13,14)8-9-6-7-12(9,4)10(15)16-5/h9H,6-8H2,1-5H3/t9-,12+/m1/s1. The van der Waals surface area contributed by atoms with Crippen molar-refractivity contribution in [3.05, 3.63) is 0 Å². The van der Waals surface area contributed by atoms with Crippen LogP contribution in [0.25, 0.3) is 0 Å². The number of carbonyl (C=O) groups excluding carboxylic acids is 1. The van der Waals surface area contributed by atoms with Gasteiger partial charge in [0.25, 0.3) is 0 Å². The van der Waals surface area contributed by atoms with Crippen molar-refractivity contribution in [2.24, 2.45) is 11.3 Å². The van der Waals surface area contributed by atoms with Crippen LogP contribution < -0.4 is 0 Å². The second-order valence-electron chi connectivity index (χ2n) is 6.30. The first-order valence-electron chi connectivity index (χ1n) is 6.01. The van der Waals surface area contributed by atoms with E-state index >= 15 is 0 Å². The third kappa shape index (κ3) is 2.54. The minimum atomic E-state index is -4.29. The molecule has 0 N–H and O–H groups in total. The highest BCUT2D eigenvalue weighted by molar-refractivity contribution is 6.69. The molecule has 0 aromatic carbocycles. The van der Waals surface area contributed by atoms with Crippen molar-refractivity contribution >= 4 is 14.7 Å². The molecule has 0 saturated heterocycles. The summed E-state index contributed by atoms with van der Waals surface area (Å²) in [6.45, 7) is 6.52. The number of methoxy groups -OCH3 is 1.